The maximum Gasteiger partial charge on any atom is 0.223 e. The average Bonchev–Trinajstić information content (AvgIpc) is 2.83. The van der Waals surface area contributed by atoms with Crippen molar-refractivity contribution in [2.24, 2.45) is 7.05 Å². The van der Waals surface area contributed by atoms with Crippen LogP contribution in [0.25, 0.3) is 5.57 Å². The number of ketones is 1. The standard InChI is InChI=1S/C18H20N2O2/c1-9-7-11(3)19(5)15(9)13-17(21)14(18(13)22)16-10(2)8-12(4)20(16)6/h7-8H,1-6H3/p+1. The summed E-state index contributed by atoms with van der Waals surface area (Å²) in [6.45, 7) is 7.91. The largest absolute Gasteiger partial charge is 0.506 e. The third-order valence-corrected chi connectivity index (χ3v) is 4.73. The van der Waals surface area contributed by atoms with Gasteiger partial charge in [-0.05, 0) is 32.4 Å². The molecule has 4 heteroatoms. The summed E-state index contributed by atoms with van der Waals surface area (Å²) in [5, 5.41) is 10.6. The zero-order valence-electron chi connectivity index (χ0n) is 13.9. The minimum Gasteiger partial charge on any atom is -0.506 e. The molecule has 0 amide bonds. The number of Topliss-reactive ketones (excluding diaryl/α,β-unsaturated/α-hetero) is 1. The number of aliphatic hydroxyl groups excluding tert-OH is 1. The molecule has 0 bridgehead atoms. The lowest BCUT2D eigenvalue weighted by Gasteiger charge is -2.23. The molecule has 2 heterocycles. The van der Waals surface area contributed by atoms with Gasteiger partial charge in [0.1, 0.15) is 18.4 Å². The van der Waals surface area contributed by atoms with E-state index in [9.17, 15) is 9.90 Å². The van der Waals surface area contributed by atoms with Crippen LogP contribution in [-0.2, 0) is 11.8 Å². The maximum atomic E-state index is 12.7. The van der Waals surface area contributed by atoms with Gasteiger partial charge in [-0.25, -0.2) is 0 Å². The molecule has 2 aliphatic rings. The predicted octanol–water partition coefficient (Wildman–Crippen LogP) is 2.81. The minimum atomic E-state index is -0.0777. The van der Waals surface area contributed by atoms with Crippen LogP contribution in [0, 0.1) is 13.8 Å². The van der Waals surface area contributed by atoms with Gasteiger partial charge in [-0.3, -0.25) is 4.79 Å². The number of nitrogens with zero attached hydrogens (tertiary/aromatic N) is 2. The van der Waals surface area contributed by atoms with Gasteiger partial charge in [0.05, 0.1) is 11.3 Å². The fraction of sp³-hybridized carbons (Fsp3) is 0.333. The molecule has 1 aliphatic heterocycles. The van der Waals surface area contributed by atoms with Crippen LogP contribution < -0.4 is 0 Å². The smallest absolute Gasteiger partial charge is 0.223 e. The molecule has 0 radical (unpaired) electrons. The van der Waals surface area contributed by atoms with Crippen molar-refractivity contribution < 1.29 is 14.5 Å². The first-order valence-corrected chi connectivity index (χ1v) is 7.37. The zero-order valence-corrected chi connectivity index (χ0v) is 13.9. The minimum absolute atomic E-state index is 0.0777. The van der Waals surface area contributed by atoms with Crippen LogP contribution in [0.5, 0.6) is 0 Å². The van der Waals surface area contributed by atoms with Crippen molar-refractivity contribution in [3.63, 3.8) is 0 Å². The Kier molecular flexibility index (Phi) is 3.02. The Morgan fingerprint density at radius 2 is 1.77 bits per heavy atom. The summed E-state index contributed by atoms with van der Waals surface area (Å²) in [6.07, 6.45) is 2.03. The van der Waals surface area contributed by atoms with Crippen LogP contribution >= 0.6 is 0 Å². The molecule has 4 nitrogen and oxygen atoms in total. The molecule has 3 rings (SSSR count). The van der Waals surface area contributed by atoms with Gasteiger partial charge < -0.3 is 9.67 Å². The van der Waals surface area contributed by atoms with Crippen molar-refractivity contribution >= 4 is 17.1 Å². The quantitative estimate of drug-likeness (QED) is 0.640. The molecule has 114 valence electrons. The fourth-order valence-corrected chi connectivity index (χ4v) is 3.41. The van der Waals surface area contributed by atoms with Gasteiger partial charge in [-0.2, -0.15) is 4.58 Å². The molecule has 0 atom stereocenters. The van der Waals surface area contributed by atoms with Crippen LogP contribution in [0.15, 0.2) is 34.7 Å². The van der Waals surface area contributed by atoms with E-state index in [1.807, 2.05) is 63.1 Å². The lowest BCUT2D eigenvalue weighted by Crippen LogP contribution is -2.27. The molecule has 1 aliphatic carbocycles. The molecule has 0 saturated carbocycles. The van der Waals surface area contributed by atoms with Crippen molar-refractivity contribution in [1.29, 1.82) is 0 Å². The molecular weight excluding hydrogens is 276 g/mol. The Morgan fingerprint density at radius 1 is 1.14 bits per heavy atom. The van der Waals surface area contributed by atoms with E-state index >= 15 is 0 Å². The highest BCUT2D eigenvalue weighted by molar-refractivity contribution is 6.39. The number of aryl methyl sites for hydroxylation is 2. The van der Waals surface area contributed by atoms with Crippen molar-refractivity contribution in [2.75, 3.05) is 7.05 Å². The van der Waals surface area contributed by atoms with E-state index in [-0.39, 0.29) is 11.5 Å². The maximum absolute atomic E-state index is 12.7. The summed E-state index contributed by atoms with van der Waals surface area (Å²) < 4.78 is 3.91. The first kappa shape index (κ1) is 14.6. The number of hydrogen-bond donors (Lipinski definition) is 1. The Labute approximate surface area is 130 Å². The van der Waals surface area contributed by atoms with E-state index in [4.69, 9.17) is 0 Å². The third kappa shape index (κ3) is 1.70. The number of aromatic nitrogens is 1. The van der Waals surface area contributed by atoms with Crippen molar-refractivity contribution in [1.82, 2.24) is 4.57 Å². The second-order valence-corrected chi connectivity index (χ2v) is 6.18. The second-order valence-electron chi connectivity index (χ2n) is 6.18. The third-order valence-electron chi connectivity index (χ3n) is 4.73. The monoisotopic (exact) mass is 297 g/mol. The highest BCUT2D eigenvalue weighted by Crippen LogP contribution is 2.41. The van der Waals surface area contributed by atoms with Crippen molar-refractivity contribution in [2.45, 2.75) is 27.7 Å². The number of likely N-dealkylation sites (N-methyl/N-ethyl adjacent to an activating group) is 1. The summed E-state index contributed by atoms with van der Waals surface area (Å²) >= 11 is 0. The number of allylic oxidation sites excluding steroid dienone is 4. The Bertz CT molecular complexity index is 858. The molecule has 0 saturated heterocycles. The highest BCUT2D eigenvalue weighted by atomic mass is 16.3. The summed E-state index contributed by atoms with van der Waals surface area (Å²) in [7, 11) is 3.84. The lowest BCUT2D eigenvalue weighted by molar-refractivity contribution is -0.436. The molecule has 0 fully saturated rings. The summed E-state index contributed by atoms with van der Waals surface area (Å²) in [5.41, 5.74) is 6.64. The Balaban J connectivity index is 2.22. The molecule has 1 N–H and O–H groups in total. The van der Waals surface area contributed by atoms with Gasteiger partial charge in [0.15, 0.2) is 5.71 Å². The topological polar surface area (TPSA) is 45.2 Å². The average molecular weight is 297 g/mol. The van der Waals surface area contributed by atoms with Gasteiger partial charge in [-0.1, -0.05) is 0 Å². The molecule has 0 spiro atoms. The van der Waals surface area contributed by atoms with Crippen LogP contribution in [0.3, 0.4) is 0 Å². The molecule has 1 aromatic rings. The normalized spacial score (nSPS) is 21.7. The van der Waals surface area contributed by atoms with Gasteiger partial charge in [0, 0.05) is 31.3 Å². The van der Waals surface area contributed by atoms with Crippen LogP contribution in [0.1, 0.15) is 30.8 Å². The van der Waals surface area contributed by atoms with E-state index in [1.54, 1.807) is 0 Å². The Hall–Kier alpha value is -2.36. The van der Waals surface area contributed by atoms with Crippen molar-refractivity contribution in [3.8, 4) is 0 Å². The number of hydrogen-bond acceptors (Lipinski definition) is 2. The van der Waals surface area contributed by atoms with E-state index in [0.29, 0.717) is 11.1 Å². The van der Waals surface area contributed by atoms with Gasteiger partial charge in [0.2, 0.25) is 11.5 Å². The van der Waals surface area contributed by atoms with Gasteiger partial charge >= 0.3 is 0 Å². The lowest BCUT2D eigenvalue weighted by atomic mass is 9.82. The van der Waals surface area contributed by atoms with Crippen molar-refractivity contribution in [3.05, 3.63) is 51.7 Å². The summed E-state index contributed by atoms with van der Waals surface area (Å²) in [6, 6.07) is 2.03. The number of rotatable bonds is 1. The van der Waals surface area contributed by atoms with Gasteiger partial charge in [-0.15, -0.1) is 0 Å². The predicted molar refractivity (Wildman–Crippen MR) is 87.1 cm³/mol. The highest BCUT2D eigenvalue weighted by Gasteiger charge is 2.44. The number of aliphatic hydroxyl groups is 1. The number of carbonyl (C=O) groups excluding carboxylic acids is 1. The molecule has 0 aromatic carbocycles. The summed E-state index contributed by atoms with van der Waals surface area (Å²) in [5.74, 6) is 0.0321. The first-order valence-electron chi connectivity index (χ1n) is 7.37. The van der Waals surface area contributed by atoms with Crippen LogP contribution in [0.2, 0.25) is 0 Å². The van der Waals surface area contributed by atoms with E-state index in [0.717, 1.165) is 33.9 Å². The van der Waals surface area contributed by atoms with Gasteiger partial charge in [0.25, 0.3) is 0 Å². The molecule has 1 aromatic heterocycles. The number of carbonyl (C=O) groups is 1. The molecule has 0 unspecified atom stereocenters. The summed E-state index contributed by atoms with van der Waals surface area (Å²) in [4.78, 5) is 12.7. The Morgan fingerprint density at radius 3 is 2.18 bits per heavy atom. The fourth-order valence-electron chi connectivity index (χ4n) is 3.41. The molecule has 22 heavy (non-hydrogen) atoms. The van der Waals surface area contributed by atoms with Crippen LogP contribution in [-0.4, -0.2) is 32.8 Å². The molecular formula is C18H21N2O2+. The zero-order chi connectivity index (χ0) is 16.3. The SMILES string of the molecule is CC1=CC(C)=[N+](C)/C1=C1\C(=O)C(c2c(C)cc(C)n2C)=C1O. The van der Waals surface area contributed by atoms with Crippen LogP contribution in [0.4, 0.5) is 0 Å². The van der Waals surface area contributed by atoms with E-state index < -0.39 is 0 Å². The second kappa shape index (κ2) is 4.57. The first-order chi connectivity index (χ1) is 10.3. The van der Waals surface area contributed by atoms with E-state index in [1.165, 1.54) is 0 Å². The van der Waals surface area contributed by atoms with E-state index in [2.05, 4.69) is 0 Å².